The average molecular weight is 273 g/mol. The van der Waals surface area contributed by atoms with Gasteiger partial charge in [0.1, 0.15) is 11.4 Å². The minimum Gasteiger partial charge on any atom is -0.477 e. The summed E-state index contributed by atoms with van der Waals surface area (Å²) < 4.78 is 14.1. The summed E-state index contributed by atoms with van der Waals surface area (Å²) in [6.45, 7) is 1.79. The smallest absolute Gasteiger partial charge is 0.341 e. The first-order chi connectivity index (χ1) is 9.52. The van der Waals surface area contributed by atoms with E-state index in [2.05, 4.69) is 0 Å². The number of aromatic nitrogens is 1. The van der Waals surface area contributed by atoms with Crippen molar-refractivity contribution in [1.29, 1.82) is 0 Å². The molecule has 2 aromatic rings. The maximum Gasteiger partial charge on any atom is 0.341 e. The van der Waals surface area contributed by atoms with Gasteiger partial charge in [0.05, 0.1) is 0 Å². The van der Waals surface area contributed by atoms with Crippen LogP contribution in [0.1, 0.15) is 22.8 Å². The molecule has 0 saturated carbocycles. The zero-order valence-corrected chi connectivity index (χ0v) is 10.7. The van der Waals surface area contributed by atoms with Gasteiger partial charge >= 0.3 is 5.97 Å². The van der Waals surface area contributed by atoms with Crippen LogP contribution in [0.3, 0.4) is 0 Å². The normalized spacial score (nSPS) is 10.9. The minimum atomic E-state index is -1.29. The Labute approximate surface area is 114 Å². The maximum atomic E-state index is 12.9. The van der Waals surface area contributed by atoms with Gasteiger partial charge < -0.3 is 5.11 Å². The van der Waals surface area contributed by atoms with Gasteiger partial charge in [-0.25, -0.2) is 9.18 Å². The van der Waals surface area contributed by atoms with Crippen molar-refractivity contribution >= 4 is 12.0 Å². The monoisotopic (exact) mass is 273 g/mol. The molecule has 0 amide bonds. The molecule has 1 aromatic carbocycles. The SMILES string of the molecule is C/C=C/c1cc(C(=O)O)c(=O)n(-c2ccc(F)cc2)c1. The second-order valence-electron chi connectivity index (χ2n) is 4.14. The number of rotatable bonds is 3. The molecule has 2 rings (SSSR count). The largest absolute Gasteiger partial charge is 0.477 e. The van der Waals surface area contributed by atoms with Crippen LogP contribution in [0.15, 0.2) is 47.4 Å². The number of hydrogen-bond acceptors (Lipinski definition) is 2. The summed E-state index contributed by atoms with van der Waals surface area (Å²) in [5.74, 6) is -1.72. The molecule has 0 fully saturated rings. The molecule has 20 heavy (non-hydrogen) atoms. The summed E-state index contributed by atoms with van der Waals surface area (Å²) in [5, 5.41) is 9.08. The first-order valence-electron chi connectivity index (χ1n) is 5.91. The van der Waals surface area contributed by atoms with Crippen molar-refractivity contribution in [3.05, 3.63) is 69.9 Å². The molecule has 1 heterocycles. The van der Waals surface area contributed by atoms with E-state index in [4.69, 9.17) is 5.11 Å². The predicted octanol–water partition coefficient (Wildman–Crippen LogP) is 2.71. The van der Waals surface area contributed by atoms with Crippen molar-refractivity contribution in [2.24, 2.45) is 0 Å². The van der Waals surface area contributed by atoms with Gasteiger partial charge in [-0.1, -0.05) is 12.2 Å². The van der Waals surface area contributed by atoms with Crippen molar-refractivity contribution < 1.29 is 14.3 Å². The Morgan fingerprint density at radius 3 is 2.50 bits per heavy atom. The Balaban J connectivity index is 2.71. The average Bonchev–Trinajstić information content (AvgIpc) is 2.41. The molecule has 1 aromatic heterocycles. The van der Waals surface area contributed by atoms with Crippen LogP contribution in [0, 0.1) is 5.82 Å². The van der Waals surface area contributed by atoms with E-state index in [1.165, 1.54) is 41.1 Å². The highest BCUT2D eigenvalue weighted by Gasteiger charge is 2.13. The molecule has 0 atom stereocenters. The fraction of sp³-hybridized carbons (Fsp3) is 0.0667. The number of carboxylic acid groups (broad SMARTS) is 1. The molecule has 0 aliphatic heterocycles. The zero-order chi connectivity index (χ0) is 14.7. The molecule has 0 aliphatic rings. The van der Waals surface area contributed by atoms with Crippen LogP contribution in [-0.4, -0.2) is 15.6 Å². The van der Waals surface area contributed by atoms with E-state index in [0.29, 0.717) is 11.3 Å². The van der Waals surface area contributed by atoms with Crippen LogP contribution in [-0.2, 0) is 0 Å². The van der Waals surface area contributed by atoms with Gasteiger partial charge in [-0.3, -0.25) is 9.36 Å². The molecular formula is C15H12FNO3. The third kappa shape index (κ3) is 2.66. The van der Waals surface area contributed by atoms with Crippen LogP contribution < -0.4 is 5.56 Å². The lowest BCUT2D eigenvalue weighted by molar-refractivity contribution is 0.0694. The highest BCUT2D eigenvalue weighted by molar-refractivity contribution is 5.88. The topological polar surface area (TPSA) is 59.3 Å². The van der Waals surface area contributed by atoms with Gasteiger partial charge in [0.25, 0.3) is 5.56 Å². The number of hydrogen-bond donors (Lipinski definition) is 1. The van der Waals surface area contributed by atoms with E-state index >= 15 is 0 Å². The van der Waals surface area contributed by atoms with Gasteiger partial charge in [-0.2, -0.15) is 0 Å². The van der Waals surface area contributed by atoms with Gasteiger partial charge in [0.2, 0.25) is 0 Å². The number of nitrogens with zero attached hydrogens (tertiary/aromatic N) is 1. The number of pyridine rings is 1. The molecule has 4 nitrogen and oxygen atoms in total. The molecule has 5 heteroatoms. The second kappa shape index (κ2) is 5.52. The van der Waals surface area contributed by atoms with Gasteiger partial charge in [0.15, 0.2) is 0 Å². The lowest BCUT2D eigenvalue weighted by Crippen LogP contribution is -2.25. The molecule has 0 aliphatic carbocycles. The highest BCUT2D eigenvalue weighted by atomic mass is 19.1. The van der Waals surface area contributed by atoms with E-state index in [9.17, 15) is 14.0 Å². The minimum absolute atomic E-state index is 0.329. The van der Waals surface area contributed by atoms with E-state index in [-0.39, 0.29) is 5.56 Å². The number of halogens is 1. The molecule has 0 bridgehead atoms. The van der Waals surface area contributed by atoms with Crippen molar-refractivity contribution in [2.75, 3.05) is 0 Å². The van der Waals surface area contributed by atoms with Crippen molar-refractivity contribution in [3.8, 4) is 5.69 Å². The van der Waals surface area contributed by atoms with E-state index in [0.717, 1.165) is 0 Å². The number of carbonyl (C=O) groups is 1. The third-order valence-corrected chi connectivity index (χ3v) is 2.73. The highest BCUT2D eigenvalue weighted by Crippen LogP contribution is 2.11. The Bertz CT molecular complexity index is 730. The predicted molar refractivity (Wildman–Crippen MR) is 73.7 cm³/mol. The summed E-state index contributed by atoms with van der Waals surface area (Å²) in [6.07, 6.45) is 4.94. The fourth-order valence-electron chi connectivity index (χ4n) is 1.83. The van der Waals surface area contributed by atoms with Gasteiger partial charge in [-0.05, 0) is 42.8 Å². The second-order valence-corrected chi connectivity index (χ2v) is 4.14. The van der Waals surface area contributed by atoms with Crippen LogP contribution >= 0.6 is 0 Å². The number of aromatic carboxylic acids is 1. The maximum absolute atomic E-state index is 12.9. The molecular weight excluding hydrogens is 261 g/mol. The molecule has 0 unspecified atom stereocenters. The molecule has 0 spiro atoms. The summed E-state index contributed by atoms with van der Waals surface area (Å²) in [5.41, 5.74) is 0.00126. The summed E-state index contributed by atoms with van der Waals surface area (Å²) in [6, 6.07) is 6.57. The van der Waals surface area contributed by atoms with E-state index < -0.39 is 17.3 Å². The lowest BCUT2D eigenvalue weighted by atomic mass is 10.1. The Kier molecular flexibility index (Phi) is 3.79. The summed E-state index contributed by atoms with van der Waals surface area (Å²) >= 11 is 0. The molecule has 102 valence electrons. The number of allylic oxidation sites excluding steroid dienone is 1. The Morgan fingerprint density at radius 2 is 1.95 bits per heavy atom. The molecule has 0 radical (unpaired) electrons. The standard InChI is InChI=1S/C15H12FNO3/c1-2-3-10-8-13(15(19)20)14(18)17(9-10)12-6-4-11(16)5-7-12/h2-9H,1H3,(H,19,20)/b3-2+. The number of benzene rings is 1. The summed E-state index contributed by atoms with van der Waals surface area (Å²) in [4.78, 5) is 23.2. The van der Waals surface area contributed by atoms with Crippen molar-refractivity contribution in [1.82, 2.24) is 4.57 Å². The lowest BCUT2D eigenvalue weighted by Gasteiger charge is -2.08. The summed E-state index contributed by atoms with van der Waals surface area (Å²) in [7, 11) is 0. The van der Waals surface area contributed by atoms with Gasteiger partial charge in [0, 0.05) is 11.9 Å². The zero-order valence-electron chi connectivity index (χ0n) is 10.7. The Hall–Kier alpha value is -2.69. The first-order valence-corrected chi connectivity index (χ1v) is 5.91. The van der Waals surface area contributed by atoms with Crippen molar-refractivity contribution in [3.63, 3.8) is 0 Å². The fourth-order valence-corrected chi connectivity index (χ4v) is 1.83. The van der Waals surface area contributed by atoms with Crippen molar-refractivity contribution in [2.45, 2.75) is 6.92 Å². The quantitative estimate of drug-likeness (QED) is 0.935. The number of carboxylic acids is 1. The molecule has 1 N–H and O–H groups in total. The molecule has 0 saturated heterocycles. The Morgan fingerprint density at radius 1 is 1.30 bits per heavy atom. The van der Waals surface area contributed by atoms with E-state index in [1.807, 2.05) is 0 Å². The van der Waals surface area contributed by atoms with Gasteiger partial charge in [-0.15, -0.1) is 0 Å². The van der Waals surface area contributed by atoms with Crippen LogP contribution in [0.25, 0.3) is 11.8 Å². The van der Waals surface area contributed by atoms with Crippen LogP contribution in [0.5, 0.6) is 0 Å². The third-order valence-electron chi connectivity index (χ3n) is 2.73. The van der Waals surface area contributed by atoms with Crippen LogP contribution in [0.2, 0.25) is 0 Å². The van der Waals surface area contributed by atoms with E-state index in [1.54, 1.807) is 19.1 Å². The van der Waals surface area contributed by atoms with Crippen LogP contribution in [0.4, 0.5) is 4.39 Å². The first kappa shape index (κ1) is 13.7.